The van der Waals surface area contributed by atoms with Gasteiger partial charge in [0.15, 0.2) is 5.76 Å². The Balaban J connectivity index is 1.82. The molecule has 6 heteroatoms. The number of rotatable bonds is 7. The van der Waals surface area contributed by atoms with E-state index in [2.05, 4.69) is 0 Å². The summed E-state index contributed by atoms with van der Waals surface area (Å²) in [5.74, 6) is -0.156. The molecule has 25 heavy (non-hydrogen) atoms. The quantitative estimate of drug-likeness (QED) is 0.834. The molecule has 0 aliphatic heterocycles. The van der Waals surface area contributed by atoms with E-state index < -0.39 is 5.97 Å². The molecule has 1 heterocycles. The Morgan fingerprint density at radius 1 is 1.28 bits per heavy atom. The van der Waals surface area contributed by atoms with Gasteiger partial charge in [0.2, 0.25) is 0 Å². The summed E-state index contributed by atoms with van der Waals surface area (Å²) in [6.07, 6.45) is 2.33. The third-order valence-corrected chi connectivity index (χ3v) is 4.33. The molecule has 1 amide bonds. The number of aromatic carboxylic acids is 1. The van der Waals surface area contributed by atoms with E-state index in [-0.39, 0.29) is 23.3 Å². The van der Waals surface area contributed by atoms with Crippen molar-refractivity contribution in [2.24, 2.45) is 0 Å². The number of carbonyl (C=O) groups excluding carboxylic acids is 1. The molecule has 1 saturated carbocycles. The van der Waals surface area contributed by atoms with Crippen molar-refractivity contribution in [3.8, 4) is 5.75 Å². The molecule has 132 valence electrons. The second kappa shape index (κ2) is 7.01. The molecule has 0 atom stereocenters. The number of carboxylic acid groups (broad SMARTS) is 1. The van der Waals surface area contributed by atoms with Gasteiger partial charge in [-0.25, -0.2) is 4.79 Å². The Hall–Kier alpha value is -2.76. The number of hydrogen-bond acceptors (Lipinski definition) is 4. The van der Waals surface area contributed by atoms with Gasteiger partial charge in [-0.15, -0.1) is 0 Å². The number of furan rings is 1. The van der Waals surface area contributed by atoms with Crippen LogP contribution >= 0.6 is 0 Å². The van der Waals surface area contributed by atoms with E-state index in [1.807, 2.05) is 24.3 Å². The van der Waals surface area contributed by atoms with Crippen molar-refractivity contribution in [3.05, 3.63) is 53.0 Å². The van der Waals surface area contributed by atoms with Gasteiger partial charge in [0.05, 0.1) is 7.11 Å². The first kappa shape index (κ1) is 17.1. The van der Waals surface area contributed by atoms with Crippen LogP contribution in [0, 0.1) is 0 Å². The van der Waals surface area contributed by atoms with Crippen molar-refractivity contribution in [2.75, 3.05) is 7.11 Å². The molecule has 1 fully saturated rings. The molecule has 1 aliphatic carbocycles. The molecule has 1 aromatic heterocycles. The lowest BCUT2D eigenvalue weighted by molar-refractivity contribution is 0.0684. The van der Waals surface area contributed by atoms with Crippen molar-refractivity contribution in [3.63, 3.8) is 0 Å². The molecule has 0 unspecified atom stereocenters. The molecule has 0 spiro atoms. The predicted octanol–water partition coefficient (Wildman–Crippen LogP) is 3.35. The van der Waals surface area contributed by atoms with Crippen LogP contribution < -0.4 is 4.74 Å². The molecule has 1 N–H and O–H groups in total. The van der Waals surface area contributed by atoms with Crippen LogP contribution in [0.4, 0.5) is 0 Å². The Labute approximate surface area is 146 Å². The summed E-state index contributed by atoms with van der Waals surface area (Å²) in [6, 6.07) is 9.07. The maximum atomic E-state index is 12.9. The largest absolute Gasteiger partial charge is 0.497 e. The first-order valence-corrected chi connectivity index (χ1v) is 8.33. The van der Waals surface area contributed by atoms with E-state index >= 15 is 0 Å². The Kier molecular flexibility index (Phi) is 4.79. The van der Waals surface area contributed by atoms with E-state index in [1.54, 1.807) is 18.9 Å². The molecule has 1 aliphatic rings. The molecule has 0 bridgehead atoms. The fraction of sp³-hybridized carbons (Fsp3) is 0.368. The zero-order valence-corrected chi connectivity index (χ0v) is 14.3. The number of nitrogens with zero attached hydrogens (tertiary/aromatic N) is 1. The van der Waals surface area contributed by atoms with E-state index in [1.165, 1.54) is 6.07 Å². The second-order valence-electron chi connectivity index (χ2n) is 6.12. The van der Waals surface area contributed by atoms with Gasteiger partial charge in [-0.3, -0.25) is 4.79 Å². The van der Waals surface area contributed by atoms with Gasteiger partial charge in [0.1, 0.15) is 17.1 Å². The number of methoxy groups -OCH3 is 1. The molecule has 6 nitrogen and oxygen atoms in total. The van der Waals surface area contributed by atoms with Crippen molar-refractivity contribution in [2.45, 2.75) is 38.8 Å². The zero-order valence-electron chi connectivity index (χ0n) is 14.3. The average Bonchev–Trinajstić information content (AvgIpc) is 3.36. The van der Waals surface area contributed by atoms with Crippen LogP contribution in [-0.2, 0) is 13.0 Å². The average molecular weight is 343 g/mol. The second-order valence-corrected chi connectivity index (χ2v) is 6.12. The van der Waals surface area contributed by atoms with Crippen molar-refractivity contribution < 1.29 is 23.8 Å². The Bertz CT molecular complexity index is 774. The van der Waals surface area contributed by atoms with Crippen LogP contribution in [0.25, 0.3) is 0 Å². The van der Waals surface area contributed by atoms with Crippen molar-refractivity contribution in [1.29, 1.82) is 0 Å². The number of hydrogen-bond donors (Lipinski definition) is 1. The van der Waals surface area contributed by atoms with Crippen LogP contribution in [0.2, 0.25) is 0 Å². The van der Waals surface area contributed by atoms with Crippen LogP contribution in [0.3, 0.4) is 0 Å². The Morgan fingerprint density at radius 3 is 2.44 bits per heavy atom. The number of amides is 1. The van der Waals surface area contributed by atoms with E-state index in [9.17, 15) is 14.7 Å². The number of carbonyl (C=O) groups is 2. The minimum absolute atomic E-state index is 0.0612. The van der Waals surface area contributed by atoms with Gasteiger partial charge in [-0.05, 0) is 30.5 Å². The number of ether oxygens (including phenoxy) is 1. The standard InChI is InChI=1S/C19H21NO5/c1-3-16-15(19(22)23)10-17(25-16)18(21)20(13-6-7-13)11-12-4-8-14(24-2)9-5-12/h4-5,8-10,13H,3,6-7,11H2,1-2H3,(H,22,23). The van der Waals surface area contributed by atoms with Crippen LogP contribution in [0.1, 0.15) is 52.0 Å². The molecule has 3 rings (SSSR count). The highest BCUT2D eigenvalue weighted by atomic mass is 16.5. The van der Waals surface area contributed by atoms with E-state index in [4.69, 9.17) is 9.15 Å². The van der Waals surface area contributed by atoms with Gasteiger partial charge >= 0.3 is 5.97 Å². The third kappa shape index (κ3) is 3.68. The molecule has 2 aromatic rings. The number of aryl methyl sites for hydroxylation is 1. The SMILES string of the molecule is CCc1oc(C(=O)N(Cc2ccc(OC)cc2)C2CC2)cc1C(=O)O. The number of benzene rings is 1. The topological polar surface area (TPSA) is 80.0 Å². The van der Waals surface area contributed by atoms with Crippen molar-refractivity contribution >= 4 is 11.9 Å². The first-order chi connectivity index (χ1) is 12.0. The number of carboxylic acids is 1. The van der Waals surface area contributed by atoms with Gasteiger partial charge in [0, 0.05) is 25.1 Å². The summed E-state index contributed by atoms with van der Waals surface area (Å²) in [6.45, 7) is 2.26. The lowest BCUT2D eigenvalue weighted by Gasteiger charge is -2.21. The van der Waals surface area contributed by atoms with Gasteiger partial charge in [0.25, 0.3) is 5.91 Å². The summed E-state index contributed by atoms with van der Waals surface area (Å²) < 4.78 is 10.7. The van der Waals surface area contributed by atoms with E-state index in [0.717, 1.165) is 24.2 Å². The third-order valence-electron chi connectivity index (χ3n) is 4.33. The predicted molar refractivity (Wildman–Crippen MR) is 90.9 cm³/mol. The molecular formula is C19H21NO5. The minimum atomic E-state index is -1.08. The summed E-state index contributed by atoms with van der Waals surface area (Å²) >= 11 is 0. The maximum absolute atomic E-state index is 12.9. The molecule has 0 saturated heterocycles. The van der Waals surface area contributed by atoms with Gasteiger partial charge in [-0.1, -0.05) is 19.1 Å². The zero-order chi connectivity index (χ0) is 18.0. The highest BCUT2D eigenvalue weighted by Gasteiger charge is 2.35. The molecule has 0 radical (unpaired) electrons. The van der Waals surface area contributed by atoms with E-state index in [0.29, 0.717) is 18.7 Å². The maximum Gasteiger partial charge on any atom is 0.339 e. The van der Waals surface area contributed by atoms with Crippen LogP contribution in [0.5, 0.6) is 5.75 Å². The lowest BCUT2D eigenvalue weighted by atomic mass is 10.2. The highest BCUT2D eigenvalue weighted by Crippen LogP contribution is 2.31. The minimum Gasteiger partial charge on any atom is -0.497 e. The lowest BCUT2D eigenvalue weighted by Crippen LogP contribution is -2.32. The summed E-state index contributed by atoms with van der Waals surface area (Å²) in [7, 11) is 1.61. The van der Waals surface area contributed by atoms with Gasteiger partial charge in [-0.2, -0.15) is 0 Å². The summed E-state index contributed by atoms with van der Waals surface area (Å²) in [4.78, 5) is 25.9. The van der Waals surface area contributed by atoms with Crippen LogP contribution in [0.15, 0.2) is 34.7 Å². The normalized spacial score (nSPS) is 13.5. The van der Waals surface area contributed by atoms with Crippen molar-refractivity contribution in [1.82, 2.24) is 4.90 Å². The smallest absolute Gasteiger partial charge is 0.339 e. The molecule has 1 aromatic carbocycles. The fourth-order valence-corrected chi connectivity index (χ4v) is 2.80. The van der Waals surface area contributed by atoms with Gasteiger partial charge < -0.3 is 19.2 Å². The molecular weight excluding hydrogens is 322 g/mol. The fourth-order valence-electron chi connectivity index (χ4n) is 2.80. The summed E-state index contributed by atoms with van der Waals surface area (Å²) in [5, 5.41) is 9.24. The highest BCUT2D eigenvalue weighted by molar-refractivity contribution is 5.96. The Morgan fingerprint density at radius 2 is 1.96 bits per heavy atom. The monoisotopic (exact) mass is 343 g/mol. The summed E-state index contributed by atoms with van der Waals surface area (Å²) in [5.41, 5.74) is 1.05. The van der Waals surface area contributed by atoms with Crippen LogP contribution in [-0.4, -0.2) is 35.0 Å². The first-order valence-electron chi connectivity index (χ1n) is 8.33.